The number of hydrogen-bond donors (Lipinski definition) is 1. The molecule has 1 N–H and O–H groups in total. The molecule has 24 heavy (non-hydrogen) atoms. The molecule has 3 rings (SSSR count). The van der Waals surface area contributed by atoms with Crippen molar-refractivity contribution in [2.45, 2.75) is 6.54 Å². The number of carbonyl (C=O) groups excluding carboxylic acids is 1. The van der Waals surface area contributed by atoms with Gasteiger partial charge in [-0.15, -0.1) is 0 Å². The molecule has 1 aliphatic heterocycles. The van der Waals surface area contributed by atoms with Gasteiger partial charge in [-0.1, -0.05) is 18.2 Å². The first-order valence-electron chi connectivity index (χ1n) is 7.73. The number of fused-ring (bicyclic) bond motifs is 1. The molecule has 1 amide bonds. The molecule has 0 fully saturated rings. The Hall–Kier alpha value is -2.05. The molecule has 6 heteroatoms. The molecule has 0 radical (unpaired) electrons. The number of hydrogen-bond acceptors (Lipinski definition) is 4. The average Bonchev–Trinajstić information content (AvgIpc) is 2.56. The number of nitrogens with one attached hydrogen (secondary N) is 1. The zero-order valence-electron chi connectivity index (χ0n) is 13.4. The monoisotopic (exact) mass is 390 g/mol. The average molecular weight is 391 g/mol. The lowest BCUT2D eigenvalue weighted by molar-refractivity contribution is -0.117. The second-order valence-corrected chi connectivity index (χ2v) is 6.53. The third kappa shape index (κ3) is 4.27. The first-order chi connectivity index (χ1) is 11.6. The second kappa shape index (κ2) is 7.68. The fourth-order valence-electron chi connectivity index (χ4n) is 2.55. The van der Waals surface area contributed by atoms with Gasteiger partial charge in [-0.2, -0.15) is 0 Å². The summed E-state index contributed by atoms with van der Waals surface area (Å²) < 4.78 is 12.0. The van der Waals surface area contributed by atoms with E-state index in [9.17, 15) is 4.79 Å². The Morgan fingerprint density at radius 2 is 1.92 bits per heavy atom. The Morgan fingerprint density at radius 1 is 1.17 bits per heavy atom. The van der Waals surface area contributed by atoms with Crippen LogP contribution >= 0.6 is 15.9 Å². The predicted molar refractivity (Wildman–Crippen MR) is 96.5 cm³/mol. The minimum absolute atomic E-state index is 0.0538. The topological polar surface area (TPSA) is 50.8 Å². The van der Waals surface area contributed by atoms with Crippen LogP contribution in [0.3, 0.4) is 0 Å². The van der Waals surface area contributed by atoms with Crippen molar-refractivity contribution in [1.82, 2.24) is 4.90 Å². The molecule has 0 aromatic heterocycles. The minimum Gasteiger partial charge on any atom is -0.486 e. The number of likely N-dealkylation sites (N-methyl/N-ethyl adjacent to an activating group) is 1. The standard InChI is InChI=1S/C18H19BrN2O3/c1-21(12-18(22)20-15-5-3-2-4-14(15)19)11-13-6-7-16-17(10-13)24-9-8-23-16/h2-7,10H,8-9,11-12H2,1H3,(H,20,22). The van der Waals surface area contributed by atoms with Gasteiger partial charge in [0.2, 0.25) is 5.91 Å². The molecule has 0 spiro atoms. The molecular weight excluding hydrogens is 372 g/mol. The van der Waals surface area contributed by atoms with Crippen LogP contribution < -0.4 is 14.8 Å². The van der Waals surface area contributed by atoms with Crippen LogP contribution in [0.1, 0.15) is 5.56 Å². The first kappa shape index (κ1) is 16.8. The summed E-state index contributed by atoms with van der Waals surface area (Å²) in [5.41, 5.74) is 1.85. The van der Waals surface area contributed by atoms with E-state index in [-0.39, 0.29) is 5.91 Å². The number of para-hydroxylation sites is 1. The van der Waals surface area contributed by atoms with E-state index in [1.165, 1.54) is 0 Å². The van der Waals surface area contributed by atoms with Crippen LogP contribution in [0.25, 0.3) is 0 Å². The van der Waals surface area contributed by atoms with Crippen molar-refractivity contribution in [2.24, 2.45) is 0 Å². The zero-order chi connectivity index (χ0) is 16.9. The summed E-state index contributed by atoms with van der Waals surface area (Å²) in [5, 5.41) is 2.90. The summed E-state index contributed by atoms with van der Waals surface area (Å²) in [6, 6.07) is 13.4. The molecule has 126 valence electrons. The van der Waals surface area contributed by atoms with Gasteiger partial charge in [0.05, 0.1) is 12.2 Å². The lowest BCUT2D eigenvalue weighted by Gasteiger charge is -2.21. The molecular formula is C18H19BrN2O3. The van der Waals surface area contributed by atoms with Crippen LogP contribution in [0.5, 0.6) is 11.5 Å². The van der Waals surface area contributed by atoms with Crippen molar-refractivity contribution < 1.29 is 14.3 Å². The maximum absolute atomic E-state index is 12.2. The number of halogens is 1. The smallest absolute Gasteiger partial charge is 0.238 e. The predicted octanol–water partition coefficient (Wildman–Crippen LogP) is 3.29. The van der Waals surface area contributed by atoms with Crippen LogP contribution in [0.4, 0.5) is 5.69 Å². The largest absolute Gasteiger partial charge is 0.486 e. The summed E-state index contributed by atoms with van der Waals surface area (Å²) in [5.74, 6) is 1.49. The van der Waals surface area contributed by atoms with Gasteiger partial charge in [-0.05, 0) is 52.8 Å². The van der Waals surface area contributed by atoms with E-state index in [4.69, 9.17) is 9.47 Å². The number of ether oxygens (including phenoxy) is 2. The van der Waals surface area contributed by atoms with E-state index in [1.54, 1.807) is 0 Å². The van der Waals surface area contributed by atoms with Crippen LogP contribution in [0, 0.1) is 0 Å². The highest BCUT2D eigenvalue weighted by atomic mass is 79.9. The summed E-state index contributed by atoms with van der Waals surface area (Å²) in [7, 11) is 1.91. The fourth-order valence-corrected chi connectivity index (χ4v) is 2.94. The molecule has 0 atom stereocenters. The lowest BCUT2D eigenvalue weighted by atomic mass is 10.2. The normalized spacial score (nSPS) is 13.0. The molecule has 0 unspecified atom stereocenters. The van der Waals surface area contributed by atoms with Crippen LogP contribution in [-0.4, -0.2) is 37.6 Å². The van der Waals surface area contributed by atoms with Crippen LogP contribution in [0.15, 0.2) is 46.9 Å². The molecule has 0 saturated carbocycles. The highest BCUT2D eigenvalue weighted by Gasteiger charge is 2.13. The zero-order valence-corrected chi connectivity index (χ0v) is 15.0. The van der Waals surface area contributed by atoms with Crippen molar-refractivity contribution in [3.05, 3.63) is 52.5 Å². The molecule has 0 aliphatic carbocycles. The van der Waals surface area contributed by atoms with Gasteiger partial charge < -0.3 is 14.8 Å². The maximum atomic E-state index is 12.2. The van der Waals surface area contributed by atoms with Gasteiger partial charge in [0, 0.05) is 11.0 Å². The van der Waals surface area contributed by atoms with Crippen LogP contribution in [0.2, 0.25) is 0 Å². The Balaban J connectivity index is 1.56. The van der Waals surface area contributed by atoms with Crippen molar-refractivity contribution in [3.8, 4) is 11.5 Å². The minimum atomic E-state index is -0.0538. The van der Waals surface area contributed by atoms with Gasteiger partial charge in [0.15, 0.2) is 11.5 Å². The summed E-state index contributed by atoms with van der Waals surface area (Å²) in [6.07, 6.45) is 0. The number of anilines is 1. The first-order valence-corrected chi connectivity index (χ1v) is 8.52. The summed E-state index contributed by atoms with van der Waals surface area (Å²) >= 11 is 3.43. The lowest BCUT2D eigenvalue weighted by Crippen LogP contribution is -2.30. The molecule has 2 aromatic rings. The quantitative estimate of drug-likeness (QED) is 0.850. The number of carbonyl (C=O) groups is 1. The van der Waals surface area contributed by atoms with Gasteiger partial charge in [-0.25, -0.2) is 0 Å². The number of rotatable bonds is 5. The van der Waals surface area contributed by atoms with Crippen molar-refractivity contribution in [1.29, 1.82) is 0 Å². The maximum Gasteiger partial charge on any atom is 0.238 e. The van der Waals surface area contributed by atoms with E-state index in [0.29, 0.717) is 26.3 Å². The van der Waals surface area contributed by atoms with Crippen molar-refractivity contribution in [2.75, 3.05) is 32.1 Å². The molecule has 2 aromatic carbocycles. The molecule has 5 nitrogen and oxygen atoms in total. The fraction of sp³-hybridized carbons (Fsp3) is 0.278. The molecule has 0 saturated heterocycles. The van der Waals surface area contributed by atoms with Gasteiger partial charge in [0.25, 0.3) is 0 Å². The molecule has 0 bridgehead atoms. The second-order valence-electron chi connectivity index (χ2n) is 5.68. The SMILES string of the molecule is CN(CC(=O)Nc1ccccc1Br)Cc1ccc2c(c1)OCCO2. The van der Waals surface area contributed by atoms with Crippen molar-refractivity contribution >= 4 is 27.5 Å². The van der Waals surface area contributed by atoms with E-state index in [2.05, 4.69) is 21.2 Å². The Bertz CT molecular complexity index is 736. The van der Waals surface area contributed by atoms with Crippen LogP contribution in [-0.2, 0) is 11.3 Å². The number of nitrogens with zero attached hydrogens (tertiary/aromatic N) is 1. The van der Waals surface area contributed by atoms with Crippen molar-refractivity contribution in [3.63, 3.8) is 0 Å². The third-order valence-electron chi connectivity index (χ3n) is 3.62. The summed E-state index contributed by atoms with van der Waals surface area (Å²) in [6.45, 7) is 2.11. The summed E-state index contributed by atoms with van der Waals surface area (Å²) in [4.78, 5) is 14.1. The Labute approximate surface area is 149 Å². The molecule has 1 aliphatic rings. The highest BCUT2D eigenvalue weighted by Crippen LogP contribution is 2.31. The van der Waals surface area contributed by atoms with E-state index >= 15 is 0 Å². The molecule has 1 heterocycles. The van der Waals surface area contributed by atoms with E-state index in [1.807, 2.05) is 54.4 Å². The Kier molecular flexibility index (Phi) is 5.37. The number of benzene rings is 2. The van der Waals surface area contributed by atoms with E-state index in [0.717, 1.165) is 27.2 Å². The number of amides is 1. The highest BCUT2D eigenvalue weighted by molar-refractivity contribution is 9.10. The van der Waals surface area contributed by atoms with Gasteiger partial charge in [-0.3, -0.25) is 9.69 Å². The van der Waals surface area contributed by atoms with E-state index < -0.39 is 0 Å². The van der Waals surface area contributed by atoms with Gasteiger partial charge in [0.1, 0.15) is 13.2 Å². The Morgan fingerprint density at radius 3 is 2.71 bits per heavy atom. The van der Waals surface area contributed by atoms with Gasteiger partial charge >= 0.3 is 0 Å². The third-order valence-corrected chi connectivity index (χ3v) is 4.31.